The Hall–Kier alpha value is -8.86. The highest BCUT2D eigenvalue weighted by Crippen LogP contribution is 2.39. The normalized spacial score (nSPS) is 11.9. The maximum atomic E-state index is 2.47. The van der Waals surface area contributed by atoms with Gasteiger partial charge in [-0.2, -0.15) is 0 Å². The topological polar surface area (TPSA) is 19.7 Å². The quantitative estimate of drug-likeness (QED) is 0.157. The Bertz CT molecular complexity index is 4330. The monoisotopic (exact) mass is 840 g/mol. The van der Waals surface area contributed by atoms with Crippen molar-refractivity contribution in [2.24, 2.45) is 0 Å². The van der Waals surface area contributed by atoms with Gasteiger partial charge in [0.15, 0.2) is 0 Å². The maximum absolute atomic E-state index is 2.47. The second-order valence-corrected chi connectivity index (χ2v) is 17.4. The van der Waals surface area contributed by atoms with Crippen LogP contribution in [-0.4, -0.2) is 18.3 Å². The molecule has 0 fully saturated rings. The second-order valence-electron chi connectivity index (χ2n) is 17.4. The predicted molar refractivity (Wildman–Crippen MR) is 279 cm³/mol. The molecule has 4 nitrogen and oxygen atoms in total. The number of hydrogen-bond donors (Lipinski definition) is 0. The third kappa shape index (κ3) is 5.52. The van der Waals surface area contributed by atoms with E-state index in [0.29, 0.717) is 0 Å². The van der Waals surface area contributed by atoms with Gasteiger partial charge in [-0.25, -0.2) is 0 Å². The van der Waals surface area contributed by atoms with Crippen molar-refractivity contribution in [2.45, 2.75) is 0 Å². The first-order valence-electron chi connectivity index (χ1n) is 22.7. The van der Waals surface area contributed by atoms with Crippen LogP contribution in [0.3, 0.4) is 0 Å². The summed E-state index contributed by atoms with van der Waals surface area (Å²) in [5.74, 6) is 0. The molecule has 0 spiro atoms. The summed E-state index contributed by atoms with van der Waals surface area (Å²) in [5, 5.41) is 12.0. The van der Waals surface area contributed by atoms with E-state index in [9.17, 15) is 0 Å². The summed E-state index contributed by atoms with van der Waals surface area (Å²) in [5.41, 5.74) is 13.5. The summed E-state index contributed by atoms with van der Waals surface area (Å²) < 4.78 is 9.74. The first-order valence-corrected chi connectivity index (χ1v) is 22.7. The fourth-order valence-electron chi connectivity index (χ4n) is 10.8. The lowest BCUT2D eigenvalue weighted by atomic mass is 10.0. The predicted octanol–water partition coefficient (Wildman–Crippen LogP) is 16.4. The van der Waals surface area contributed by atoms with Gasteiger partial charge in [-0.3, -0.25) is 0 Å². The zero-order chi connectivity index (χ0) is 43.3. The van der Waals surface area contributed by atoms with E-state index < -0.39 is 0 Å². The molecule has 3 heterocycles. The SMILES string of the molecule is c1ccc(-n2c3ccccc3c3ccc(-n4c5cccc(c5)c5cccc(c5)n(-c5cccc6c7ccccc7n(-c7ccccc7)c56)c5ccc6ccc7ccc4cc7c6c5)cc32)cc1. The number of fused-ring (bicyclic) bond motifs is 13. The summed E-state index contributed by atoms with van der Waals surface area (Å²) in [6, 6.07) is 89.4. The molecule has 0 saturated carbocycles. The van der Waals surface area contributed by atoms with Gasteiger partial charge < -0.3 is 18.3 Å². The van der Waals surface area contributed by atoms with E-state index in [1.165, 1.54) is 59.6 Å². The van der Waals surface area contributed by atoms with Crippen molar-refractivity contribution in [3.63, 3.8) is 0 Å². The van der Waals surface area contributed by atoms with Gasteiger partial charge in [0.2, 0.25) is 0 Å². The largest absolute Gasteiger partial charge is 0.310 e. The van der Waals surface area contributed by atoms with Gasteiger partial charge in [0.1, 0.15) is 0 Å². The molecule has 0 unspecified atom stereocenters. The van der Waals surface area contributed by atoms with Crippen LogP contribution in [0.5, 0.6) is 0 Å². The molecule has 0 aliphatic heterocycles. The Labute approximate surface area is 380 Å². The van der Waals surface area contributed by atoms with Crippen LogP contribution >= 0.6 is 0 Å². The average molecular weight is 841 g/mol. The molecule has 66 heavy (non-hydrogen) atoms. The minimum Gasteiger partial charge on any atom is -0.310 e. The maximum Gasteiger partial charge on any atom is 0.0782 e. The highest BCUT2D eigenvalue weighted by atomic mass is 15.0. The summed E-state index contributed by atoms with van der Waals surface area (Å²) in [4.78, 5) is 0. The van der Waals surface area contributed by atoms with Crippen LogP contribution in [0.4, 0.5) is 0 Å². The number of rotatable bonds is 4. The summed E-state index contributed by atoms with van der Waals surface area (Å²) in [6.45, 7) is 0. The number of para-hydroxylation sites is 5. The van der Waals surface area contributed by atoms with E-state index in [1.807, 2.05) is 0 Å². The van der Waals surface area contributed by atoms with Crippen LogP contribution in [0.15, 0.2) is 243 Å². The van der Waals surface area contributed by atoms with E-state index in [1.54, 1.807) is 0 Å². The molecule has 0 N–H and O–H groups in total. The second kappa shape index (κ2) is 14.3. The van der Waals surface area contributed by atoms with E-state index in [2.05, 4.69) is 261 Å². The van der Waals surface area contributed by atoms with Gasteiger partial charge in [-0.05, 0) is 135 Å². The van der Waals surface area contributed by atoms with Gasteiger partial charge in [-0.1, -0.05) is 140 Å². The zero-order valence-electron chi connectivity index (χ0n) is 35.9. The van der Waals surface area contributed by atoms with Crippen molar-refractivity contribution in [1.82, 2.24) is 18.3 Å². The Balaban J connectivity index is 1.12. The third-order valence-electron chi connectivity index (χ3n) is 13.7. The third-order valence-corrected chi connectivity index (χ3v) is 13.7. The molecule has 3 aromatic heterocycles. The van der Waals surface area contributed by atoms with Crippen molar-refractivity contribution in [2.75, 3.05) is 0 Å². The Morgan fingerprint density at radius 3 is 1.36 bits per heavy atom. The van der Waals surface area contributed by atoms with Crippen molar-refractivity contribution in [3.05, 3.63) is 243 Å². The molecule has 0 atom stereocenters. The molecule has 0 aliphatic carbocycles. The standard InChI is InChI=1S/C62H40N4/c1-3-16-45(17-4-1)65-58-25-9-7-22-52(58)54-35-34-51(40-61(54)65)63-47-20-11-14-43(36-47)44-15-12-21-48(37-44)64(50-33-31-42-29-28-41-30-32-49(63)38-56(41)57(42)39-50)60-27-13-24-55-53-23-8-10-26-59(53)66(62(55)60)46-18-5-2-6-19-46/h1-40H. The van der Waals surface area contributed by atoms with Crippen LogP contribution in [0.1, 0.15) is 0 Å². The van der Waals surface area contributed by atoms with E-state index in [0.717, 1.165) is 61.1 Å². The summed E-state index contributed by atoms with van der Waals surface area (Å²) >= 11 is 0. The molecular formula is C62H40N4. The van der Waals surface area contributed by atoms with E-state index in [4.69, 9.17) is 0 Å². The first-order chi connectivity index (χ1) is 32.7. The average Bonchev–Trinajstić information content (AvgIpc) is 3.90. The Morgan fingerprint density at radius 1 is 0.212 bits per heavy atom. The number of benzene rings is 11. The molecule has 8 bridgehead atoms. The molecule has 0 amide bonds. The van der Waals surface area contributed by atoms with Gasteiger partial charge in [-0.15, -0.1) is 0 Å². The molecule has 14 aromatic rings. The smallest absolute Gasteiger partial charge is 0.0782 e. The molecule has 0 aliphatic rings. The molecule has 11 aromatic carbocycles. The highest BCUT2D eigenvalue weighted by Gasteiger charge is 2.18. The van der Waals surface area contributed by atoms with Gasteiger partial charge in [0.05, 0.1) is 27.8 Å². The fraction of sp³-hybridized carbons (Fsp3) is 0. The van der Waals surface area contributed by atoms with Crippen LogP contribution < -0.4 is 0 Å². The van der Waals surface area contributed by atoms with Crippen LogP contribution in [0.2, 0.25) is 0 Å². The molecule has 308 valence electrons. The highest BCUT2D eigenvalue weighted by molar-refractivity contribution is 6.14. The number of aromatic nitrogens is 4. The van der Waals surface area contributed by atoms with Crippen molar-refractivity contribution >= 4 is 98.0 Å². The fourth-order valence-corrected chi connectivity index (χ4v) is 10.8. The zero-order valence-corrected chi connectivity index (χ0v) is 35.9. The molecule has 0 saturated heterocycles. The number of nitrogens with zero attached hydrogens (tertiary/aromatic N) is 4. The van der Waals surface area contributed by atoms with Gasteiger partial charge in [0, 0.05) is 60.7 Å². The summed E-state index contributed by atoms with van der Waals surface area (Å²) in [6.07, 6.45) is 0. The minimum atomic E-state index is 1.09. The van der Waals surface area contributed by atoms with Crippen LogP contribution in [0.25, 0.3) is 121 Å². The molecule has 4 heteroatoms. The van der Waals surface area contributed by atoms with E-state index in [-0.39, 0.29) is 0 Å². The van der Waals surface area contributed by atoms with Crippen molar-refractivity contribution in [1.29, 1.82) is 0 Å². The van der Waals surface area contributed by atoms with Gasteiger partial charge in [0.25, 0.3) is 0 Å². The van der Waals surface area contributed by atoms with Crippen molar-refractivity contribution in [3.8, 4) is 22.7 Å². The minimum absolute atomic E-state index is 1.09. The van der Waals surface area contributed by atoms with E-state index >= 15 is 0 Å². The lowest BCUT2D eigenvalue weighted by Gasteiger charge is -2.17. The molecule has 14 rings (SSSR count). The lowest BCUT2D eigenvalue weighted by molar-refractivity contribution is 1.12. The van der Waals surface area contributed by atoms with Gasteiger partial charge >= 0.3 is 0 Å². The van der Waals surface area contributed by atoms with Crippen LogP contribution in [0, 0.1) is 0 Å². The number of hydrogen-bond acceptors (Lipinski definition) is 0. The Kier molecular flexibility index (Phi) is 7.95. The molecular weight excluding hydrogens is 801 g/mol. The molecule has 0 radical (unpaired) electrons. The Morgan fingerprint density at radius 2 is 0.697 bits per heavy atom. The van der Waals surface area contributed by atoms with Crippen LogP contribution in [-0.2, 0) is 0 Å². The summed E-state index contributed by atoms with van der Waals surface area (Å²) in [7, 11) is 0. The van der Waals surface area contributed by atoms with Crippen molar-refractivity contribution < 1.29 is 0 Å². The lowest BCUT2D eigenvalue weighted by Crippen LogP contribution is -2.02. The first kappa shape index (κ1) is 36.6.